The van der Waals surface area contributed by atoms with Gasteiger partial charge in [-0.15, -0.1) is 0 Å². The molecule has 0 atom stereocenters. The molecule has 0 spiro atoms. The van der Waals surface area contributed by atoms with Crippen LogP contribution in [0.2, 0.25) is 0 Å². The molecule has 1 aromatic rings. The van der Waals surface area contributed by atoms with Crippen LogP contribution < -0.4 is 0 Å². The minimum atomic E-state index is -4.70. The van der Waals surface area contributed by atoms with Gasteiger partial charge in [-0.05, 0) is 12.1 Å². The van der Waals surface area contributed by atoms with Crippen LogP contribution in [0.1, 0.15) is 5.56 Å². The van der Waals surface area contributed by atoms with Gasteiger partial charge in [0.25, 0.3) is 0 Å². The molecule has 0 bridgehead atoms. The Morgan fingerprint density at radius 3 is 2.20 bits per heavy atom. The maximum atomic E-state index is 12.4. The highest BCUT2D eigenvalue weighted by Crippen LogP contribution is 2.34. The van der Waals surface area contributed by atoms with Crippen LogP contribution in [0, 0.1) is 0 Å². The van der Waals surface area contributed by atoms with Gasteiger partial charge in [0.1, 0.15) is 10.0 Å². The van der Waals surface area contributed by atoms with Gasteiger partial charge >= 0.3 is 6.18 Å². The van der Waals surface area contributed by atoms with Gasteiger partial charge in [-0.1, -0.05) is 12.1 Å². The second kappa shape index (κ2) is 3.82. The standard InChI is InChI=1S/C8H7F3NO2S/c1-12-15(13,14)7-5-3-2-4-6(7)8(9,10)11/h2-5H,1H3/q-1. The van der Waals surface area contributed by atoms with Crippen molar-refractivity contribution in [1.29, 1.82) is 0 Å². The first kappa shape index (κ1) is 12.0. The number of sulfonamides is 1. The second-order valence-corrected chi connectivity index (χ2v) is 4.41. The first-order valence-electron chi connectivity index (χ1n) is 3.81. The van der Waals surface area contributed by atoms with Crippen molar-refractivity contribution in [3.63, 3.8) is 0 Å². The van der Waals surface area contributed by atoms with E-state index < -0.39 is 26.7 Å². The van der Waals surface area contributed by atoms with Crippen molar-refractivity contribution in [3.05, 3.63) is 34.6 Å². The zero-order chi connectivity index (χ0) is 11.7. The summed E-state index contributed by atoms with van der Waals surface area (Å²) < 4.78 is 62.6. The summed E-state index contributed by atoms with van der Waals surface area (Å²) in [6.07, 6.45) is -4.70. The molecule has 0 amide bonds. The second-order valence-electron chi connectivity index (χ2n) is 2.65. The lowest BCUT2D eigenvalue weighted by Gasteiger charge is -2.18. The summed E-state index contributed by atoms with van der Waals surface area (Å²) in [5, 5.41) is 0. The fourth-order valence-electron chi connectivity index (χ4n) is 1.02. The third kappa shape index (κ3) is 2.48. The lowest BCUT2D eigenvalue weighted by atomic mass is 10.2. The minimum Gasteiger partial charge on any atom is -0.547 e. The summed E-state index contributed by atoms with van der Waals surface area (Å²) in [6.45, 7) is 0. The number of hydrogen-bond acceptors (Lipinski definition) is 2. The topological polar surface area (TPSA) is 48.2 Å². The van der Waals surface area contributed by atoms with Crippen molar-refractivity contribution in [3.8, 4) is 0 Å². The summed E-state index contributed by atoms with van der Waals surface area (Å²) in [4.78, 5) is -0.819. The Kier molecular flexibility index (Phi) is 3.05. The van der Waals surface area contributed by atoms with E-state index in [1.54, 1.807) is 0 Å². The highest BCUT2D eigenvalue weighted by molar-refractivity contribution is 7.94. The zero-order valence-corrected chi connectivity index (χ0v) is 8.43. The Morgan fingerprint density at radius 2 is 1.73 bits per heavy atom. The SMILES string of the molecule is C[N-]S(=O)(=O)c1ccccc1C(F)(F)F. The van der Waals surface area contributed by atoms with Gasteiger partial charge in [0.05, 0.1) is 10.5 Å². The van der Waals surface area contributed by atoms with Crippen molar-refractivity contribution in [2.24, 2.45) is 0 Å². The van der Waals surface area contributed by atoms with Gasteiger partial charge < -0.3 is 4.72 Å². The Hall–Kier alpha value is -1.08. The summed E-state index contributed by atoms with van der Waals surface area (Å²) in [5.41, 5.74) is -1.20. The molecule has 0 aliphatic heterocycles. The fraction of sp³-hybridized carbons (Fsp3) is 0.250. The van der Waals surface area contributed by atoms with Crippen molar-refractivity contribution in [2.75, 3.05) is 7.05 Å². The Bertz CT molecular complexity index is 453. The highest BCUT2D eigenvalue weighted by atomic mass is 32.2. The summed E-state index contributed by atoms with van der Waals surface area (Å²) >= 11 is 0. The lowest BCUT2D eigenvalue weighted by Crippen LogP contribution is -2.12. The lowest BCUT2D eigenvalue weighted by molar-refractivity contribution is -0.139. The molecule has 0 aromatic heterocycles. The Balaban J connectivity index is 3.45. The largest absolute Gasteiger partial charge is 0.547 e. The number of hydrogen-bond donors (Lipinski definition) is 0. The van der Waals surface area contributed by atoms with E-state index in [1.807, 2.05) is 0 Å². The van der Waals surface area contributed by atoms with E-state index in [1.165, 1.54) is 6.07 Å². The molecule has 1 aromatic carbocycles. The van der Waals surface area contributed by atoms with Crippen LogP contribution >= 0.6 is 0 Å². The van der Waals surface area contributed by atoms with Crippen LogP contribution in [0.4, 0.5) is 13.2 Å². The average molecular weight is 238 g/mol. The normalized spacial score (nSPS) is 12.8. The number of rotatable bonds is 2. The molecule has 0 N–H and O–H groups in total. The fourth-order valence-corrected chi connectivity index (χ4v) is 1.93. The molecule has 0 unspecified atom stereocenters. The molecule has 0 aliphatic carbocycles. The molecule has 1 rings (SSSR count). The van der Waals surface area contributed by atoms with Gasteiger partial charge in [-0.3, -0.25) is 0 Å². The minimum absolute atomic E-state index is 0.706. The first-order valence-corrected chi connectivity index (χ1v) is 5.25. The van der Waals surface area contributed by atoms with Crippen LogP contribution in [-0.4, -0.2) is 15.5 Å². The van der Waals surface area contributed by atoms with Gasteiger partial charge in [0, 0.05) is 0 Å². The molecule has 7 heteroatoms. The molecule has 0 heterocycles. The quantitative estimate of drug-likeness (QED) is 0.794. The van der Waals surface area contributed by atoms with E-state index >= 15 is 0 Å². The molecule has 15 heavy (non-hydrogen) atoms. The van der Waals surface area contributed by atoms with Crippen molar-refractivity contribution >= 4 is 10.0 Å². The van der Waals surface area contributed by atoms with Gasteiger partial charge in [-0.25, -0.2) is 8.42 Å². The molecule has 0 fully saturated rings. The van der Waals surface area contributed by atoms with Crippen molar-refractivity contribution < 1.29 is 21.6 Å². The Morgan fingerprint density at radius 1 is 1.20 bits per heavy atom. The third-order valence-corrected chi connectivity index (χ3v) is 3.10. The van der Waals surface area contributed by atoms with Crippen LogP contribution in [-0.2, 0) is 16.2 Å². The van der Waals surface area contributed by atoms with Crippen LogP contribution in [0.3, 0.4) is 0 Å². The maximum absolute atomic E-state index is 12.4. The third-order valence-electron chi connectivity index (χ3n) is 1.71. The predicted octanol–water partition coefficient (Wildman–Crippen LogP) is 2.40. The van der Waals surface area contributed by atoms with E-state index in [0.717, 1.165) is 19.2 Å². The van der Waals surface area contributed by atoms with E-state index in [0.29, 0.717) is 6.07 Å². The molecular weight excluding hydrogens is 231 g/mol. The number of alkyl halides is 3. The van der Waals surface area contributed by atoms with Gasteiger partial charge in [-0.2, -0.15) is 20.2 Å². The van der Waals surface area contributed by atoms with Crippen molar-refractivity contribution in [2.45, 2.75) is 11.1 Å². The van der Waals surface area contributed by atoms with Gasteiger partial charge in [0.15, 0.2) is 0 Å². The van der Waals surface area contributed by atoms with E-state index in [9.17, 15) is 21.6 Å². The van der Waals surface area contributed by atoms with Crippen molar-refractivity contribution in [1.82, 2.24) is 0 Å². The summed E-state index contributed by atoms with van der Waals surface area (Å²) in [7, 11) is -3.27. The molecule has 0 saturated carbocycles. The number of halogens is 3. The number of benzene rings is 1. The van der Waals surface area contributed by atoms with Crippen LogP contribution in [0.25, 0.3) is 4.72 Å². The molecule has 0 aliphatic rings. The van der Waals surface area contributed by atoms with E-state index in [4.69, 9.17) is 0 Å². The zero-order valence-electron chi connectivity index (χ0n) is 7.62. The molecule has 0 radical (unpaired) electrons. The maximum Gasteiger partial charge on any atom is 0.417 e. The van der Waals surface area contributed by atoms with E-state index in [2.05, 4.69) is 4.72 Å². The predicted molar refractivity (Wildman–Crippen MR) is 47.9 cm³/mol. The smallest absolute Gasteiger partial charge is 0.417 e. The summed E-state index contributed by atoms with van der Waals surface area (Å²) in [6, 6.07) is 3.92. The number of nitrogens with zero attached hydrogens (tertiary/aromatic N) is 1. The molecular formula is C8H7F3NO2S-. The Labute approximate surface area is 85.0 Å². The van der Waals surface area contributed by atoms with Crippen LogP contribution in [0.5, 0.6) is 0 Å². The van der Waals surface area contributed by atoms with E-state index in [-0.39, 0.29) is 0 Å². The van der Waals surface area contributed by atoms with Gasteiger partial charge in [0.2, 0.25) is 0 Å². The van der Waals surface area contributed by atoms with Crippen LogP contribution in [0.15, 0.2) is 29.2 Å². The average Bonchev–Trinajstić information content (AvgIpc) is 2.16. The monoisotopic (exact) mass is 238 g/mol. The highest BCUT2D eigenvalue weighted by Gasteiger charge is 2.34. The molecule has 0 saturated heterocycles. The summed E-state index contributed by atoms with van der Waals surface area (Å²) in [5.74, 6) is 0. The molecule has 84 valence electrons. The first-order chi connectivity index (χ1) is 6.79. The molecule has 3 nitrogen and oxygen atoms in total.